The molecule has 3 rings (SSSR count). The van der Waals surface area contributed by atoms with E-state index in [1.54, 1.807) is 49.5 Å². The first-order chi connectivity index (χ1) is 13.9. The van der Waals surface area contributed by atoms with Crippen molar-refractivity contribution in [3.63, 3.8) is 0 Å². The van der Waals surface area contributed by atoms with Crippen LogP contribution < -0.4 is 9.62 Å². The monoisotopic (exact) mass is 412 g/mol. The molecular weight excluding hydrogens is 388 g/mol. The van der Waals surface area contributed by atoms with Crippen molar-refractivity contribution in [2.75, 3.05) is 17.4 Å². The van der Waals surface area contributed by atoms with Crippen molar-refractivity contribution in [2.45, 2.75) is 18.2 Å². The summed E-state index contributed by atoms with van der Waals surface area (Å²) in [5.41, 5.74) is 0.884. The largest absolute Gasteiger partial charge is 0.352 e. The molecule has 1 N–H and O–H groups in total. The Morgan fingerprint density at radius 3 is 2.55 bits per heavy atom. The summed E-state index contributed by atoms with van der Waals surface area (Å²) in [5, 5.41) is 2.82. The van der Waals surface area contributed by atoms with Crippen LogP contribution in [0.4, 0.5) is 5.69 Å². The second-order valence-corrected chi connectivity index (χ2v) is 8.36. The molecule has 3 aromatic rings. The zero-order valence-corrected chi connectivity index (χ0v) is 17.3. The van der Waals surface area contributed by atoms with Crippen LogP contribution in [0.1, 0.15) is 23.1 Å². The fourth-order valence-electron chi connectivity index (χ4n) is 3.04. The quantitative estimate of drug-likeness (QED) is 0.616. The fraction of sp³-hybridized carbons (Fsp3) is 0.238. The van der Waals surface area contributed by atoms with Gasteiger partial charge < -0.3 is 9.88 Å². The number of sulfonamides is 1. The van der Waals surface area contributed by atoms with Gasteiger partial charge in [-0.05, 0) is 37.3 Å². The third-order valence-electron chi connectivity index (χ3n) is 4.57. The van der Waals surface area contributed by atoms with Crippen molar-refractivity contribution in [3.05, 3.63) is 78.4 Å². The van der Waals surface area contributed by atoms with Crippen molar-refractivity contribution >= 4 is 21.6 Å². The summed E-state index contributed by atoms with van der Waals surface area (Å²) in [6, 6.07) is 15.0. The molecule has 0 unspecified atom stereocenters. The minimum Gasteiger partial charge on any atom is -0.352 e. The van der Waals surface area contributed by atoms with Crippen LogP contribution in [-0.4, -0.2) is 37.0 Å². The third-order valence-corrected chi connectivity index (χ3v) is 6.47. The van der Waals surface area contributed by atoms with Gasteiger partial charge in [-0.15, -0.1) is 0 Å². The highest BCUT2D eigenvalue weighted by atomic mass is 32.2. The molecule has 0 saturated heterocycles. The molecule has 0 atom stereocenters. The van der Waals surface area contributed by atoms with Gasteiger partial charge in [0.1, 0.15) is 5.82 Å². The van der Waals surface area contributed by atoms with E-state index in [0.717, 1.165) is 5.82 Å². The molecule has 0 spiro atoms. The number of aromatic nitrogens is 2. The highest BCUT2D eigenvalue weighted by Crippen LogP contribution is 2.23. The molecule has 1 heterocycles. The molecule has 0 fully saturated rings. The summed E-state index contributed by atoms with van der Waals surface area (Å²) >= 11 is 0. The fourth-order valence-corrected chi connectivity index (χ4v) is 4.56. The number of imidazole rings is 1. The summed E-state index contributed by atoms with van der Waals surface area (Å²) in [6.07, 6.45) is 4.14. The number of para-hydroxylation sites is 1. The molecule has 29 heavy (non-hydrogen) atoms. The molecular formula is C21H24N4O3S. The molecule has 8 heteroatoms. The van der Waals surface area contributed by atoms with Gasteiger partial charge in [-0.1, -0.05) is 24.3 Å². The maximum absolute atomic E-state index is 13.1. The van der Waals surface area contributed by atoms with Crippen LogP contribution in [0.5, 0.6) is 0 Å². The van der Waals surface area contributed by atoms with Crippen molar-refractivity contribution in [1.29, 1.82) is 0 Å². The lowest BCUT2D eigenvalue weighted by Crippen LogP contribution is -2.31. The number of amides is 1. The average molecular weight is 413 g/mol. The summed E-state index contributed by atoms with van der Waals surface area (Å²) < 4.78 is 29.5. The van der Waals surface area contributed by atoms with E-state index in [9.17, 15) is 13.2 Å². The van der Waals surface area contributed by atoms with E-state index in [1.165, 1.54) is 16.4 Å². The predicted molar refractivity (Wildman–Crippen MR) is 112 cm³/mol. The number of aryl methyl sites for hydroxylation is 1. The standard InChI is InChI=1S/C21H24N4O3S/c1-3-25(18-9-5-4-6-10-18)29(27,28)19-11-7-8-17(16-19)21(26)23-13-12-20-22-14-15-24(20)2/h4-11,14-16H,3,12-13H2,1-2H3,(H,23,26). The molecule has 0 aliphatic heterocycles. The Kier molecular flexibility index (Phi) is 6.33. The zero-order valence-electron chi connectivity index (χ0n) is 16.4. The third kappa shape index (κ3) is 4.65. The molecule has 0 aliphatic carbocycles. The number of carbonyl (C=O) groups is 1. The molecule has 0 radical (unpaired) electrons. The van der Waals surface area contributed by atoms with E-state index < -0.39 is 10.0 Å². The number of benzene rings is 2. The van der Waals surface area contributed by atoms with E-state index in [4.69, 9.17) is 0 Å². The van der Waals surface area contributed by atoms with Crippen LogP contribution in [-0.2, 0) is 23.5 Å². The van der Waals surface area contributed by atoms with Crippen LogP contribution >= 0.6 is 0 Å². The number of nitrogens with zero attached hydrogens (tertiary/aromatic N) is 3. The number of anilines is 1. The van der Waals surface area contributed by atoms with Crippen LogP contribution in [0.3, 0.4) is 0 Å². The first kappa shape index (κ1) is 20.6. The zero-order chi connectivity index (χ0) is 20.9. The highest BCUT2D eigenvalue weighted by molar-refractivity contribution is 7.92. The van der Waals surface area contributed by atoms with Crippen LogP contribution in [0, 0.1) is 0 Å². The number of rotatable bonds is 8. The van der Waals surface area contributed by atoms with Gasteiger partial charge in [-0.2, -0.15) is 0 Å². The second kappa shape index (κ2) is 8.91. The first-order valence-corrected chi connectivity index (χ1v) is 10.8. The van der Waals surface area contributed by atoms with Gasteiger partial charge in [0.25, 0.3) is 15.9 Å². The maximum atomic E-state index is 13.1. The topological polar surface area (TPSA) is 84.3 Å². The van der Waals surface area contributed by atoms with Gasteiger partial charge >= 0.3 is 0 Å². The normalized spacial score (nSPS) is 11.2. The van der Waals surface area contributed by atoms with Crippen LogP contribution in [0.2, 0.25) is 0 Å². The number of nitrogens with one attached hydrogen (secondary N) is 1. The number of hydrogen-bond donors (Lipinski definition) is 1. The minimum absolute atomic E-state index is 0.0833. The van der Waals surface area contributed by atoms with E-state index in [2.05, 4.69) is 10.3 Å². The summed E-state index contributed by atoms with van der Waals surface area (Å²) in [7, 11) is -1.89. The summed E-state index contributed by atoms with van der Waals surface area (Å²) in [6.45, 7) is 2.47. The Hall–Kier alpha value is -3.13. The number of carbonyl (C=O) groups excluding carboxylic acids is 1. The highest BCUT2D eigenvalue weighted by Gasteiger charge is 2.24. The van der Waals surface area contributed by atoms with Crippen molar-refractivity contribution in [3.8, 4) is 0 Å². The lowest BCUT2D eigenvalue weighted by Gasteiger charge is -2.23. The molecule has 2 aromatic carbocycles. The number of hydrogen-bond acceptors (Lipinski definition) is 4. The molecule has 0 aliphatic rings. The Labute approximate surface area is 171 Å². The Balaban J connectivity index is 1.75. The average Bonchev–Trinajstić information content (AvgIpc) is 3.14. The van der Waals surface area contributed by atoms with Gasteiger partial charge in [0, 0.05) is 44.5 Å². The molecule has 0 bridgehead atoms. The smallest absolute Gasteiger partial charge is 0.264 e. The van der Waals surface area contributed by atoms with Crippen LogP contribution in [0.25, 0.3) is 0 Å². The first-order valence-electron chi connectivity index (χ1n) is 9.35. The lowest BCUT2D eigenvalue weighted by atomic mass is 10.2. The van der Waals surface area contributed by atoms with Gasteiger partial charge in [0.05, 0.1) is 10.6 Å². The SMILES string of the molecule is CCN(c1ccccc1)S(=O)(=O)c1cccc(C(=O)NCCc2nccn2C)c1. The van der Waals surface area contributed by atoms with Crippen LogP contribution in [0.15, 0.2) is 71.9 Å². The van der Waals surface area contributed by atoms with Crippen molar-refractivity contribution in [1.82, 2.24) is 14.9 Å². The van der Waals surface area contributed by atoms with Gasteiger partial charge in [-0.25, -0.2) is 13.4 Å². The minimum atomic E-state index is -3.78. The second-order valence-electron chi connectivity index (χ2n) is 6.49. The van der Waals surface area contributed by atoms with Gasteiger partial charge in [0.2, 0.25) is 0 Å². The molecule has 1 aromatic heterocycles. The van der Waals surface area contributed by atoms with Crippen molar-refractivity contribution in [2.24, 2.45) is 7.05 Å². The molecule has 152 valence electrons. The summed E-state index contributed by atoms with van der Waals surface area (Å²) in [5.74, 6) is 0.544. The molecule has 1 amide bonds. The summed E-state index contributed by atoms with van der Waals surface area (Å²) in [4.78, 5) is 16.8. The van der Waals surface area contributed by atoms with Gasteiger partial charge in [0.15, 0.2) is 0 Å². The van der Waals surface area contributed by atoms with Crippen molar-refractivity contribution < 1.29 is 13.2 Å². The predicted octanol–water partition coefficient (Wildman–Crippen LogP) is 2.61. The molecule has 0 saturated carbocycles. The van der Waals surface area contributed by atoms with E-state index >= 15 is 0 Å². The van der Waals surface area contributed by atoms with E-state index in [-0.39, 0.29) is 17.3 Å². The van der Waals surface area contributed by atoms with Gasteiger partial charge in [-0.3, -0.25) is 9.10 Å². The van der Waals surface area contributed by atoms with E-state index in [1.807, 2.05) is 23.9 Å². The lowest BCUT2D eigenvalue weighted by molar-refractivity contribution is 0.0953. The Morgan fingerprint density at radius 2 is 1.90 bits per heavy atom. The Bertz CT molecular complexity index is 1080. The molecule has 7 nitrogen and oxygen atoms in total. The van der Waals surface area contributed by atoms with E-state index in [0.29, 0.717) is 24.2 Å². The Morgan fingerprint density at radius 1 is 1.14 bits per heavy atom. The maximum Gasteiger partial charge on any atom is 0.264 e.